The lowest BCUT2D eigenvalue weighted by Crippen LogP contribution is -2.27. The molecule has 1 heterocycles. The van der Waals surface area contributed by atoms with Crippen LogP contribution in [-0.4, -0.2) is 30.0 Å². The molecule has 0 amide bonds. The molecule has 0 spiro atoms. The van der Waals surface area contributed by atoms with Crippen LogP contribution >= 0.6 is 0 Å². The number of nitrogens with zero attached hydrogens (tertiary/aromatic N) is 2. The van der Waals surface area contributed by atoms with Crippen molar-refractivity contribution in [3.8, 4) is 0 Å². The first kappa shape index (κ1) is 13.1. The summed E-state index contributed by atoms with van der Waals surface area (Å²) in [7, 11) is 2.05. The van der Waals surface area contributed by atoms with Gasteiger partial charge in [-0.2, -0.15) is 0 Å². The van der Waals surface area contributed by atoms with E-state index < -0.39 is 0 Å². The van der Waals surface area contributed by atoms with Gasteiger partial charge >= 0.3 is 0 Å². The third-order valence-corrected chi connectivity index (χ3v) is 2.73. The summed E-state index contributed by atoms with van der Waals surface area (Å²) in [4.78, 5) is 6.35. The second-order valence-corrected chi connectivity index (χ2v) is 3.95. The van der Waals surface area contributed by atoms with Crippen molar-refractivity contribution in [1.29, 1.82) is 0 Å². The average molecular weight is 225 g/mol. The number of rotatable bonds is 6. The molecular formula is C12H20FN3. The van der Waals surface area contributed by atoms with Gasteiger partial charge < -0.3 is 5.73 Å². The smallest absolute Gasteiger partial charge is 0.141 e. The topological polar surface area (TPSA) is 42.2 Å². The van der Waals surface area contributed by atoms with E-state index in [1.54, 1.807) is 6.07 Å². The van der Waals surface area contributed by atoms with Crippen molar-refractivity contribution in [1.82, 2.24) is 9.88 Å². The Hall–Kier alpha value is -1.00. The van der Waals surface area contributed by atoms with E-state index in [-0.39, 0.29) is 11.9 Å². The number of halogens is 1. The van der Waals surface area contributed by atoms with Crippen LogP contribution in [0.25, 0.3) is 0 Å². The van der Waals surface area contributed by atoms with E-state index in [0.717, 1.165) is 25.1 Å². The molecule has 1 atom stereocenters. The summed E-state index contributed by atoms with van der Waals surface area (Å²) in [5, 5.41) is 0. The standard InChI is InChI=1S/C12H20FN3/c1-3-12(16(2)8-4-7-14)11-6-5-10(13)9-15-11/h5-6,9,12H,3-4,7-8,14H2,1-2H3. The Morgan fingerprint density at radius 2 is 2.25 bits per heavy atom. The van der Waals surface area contributed by atoms with Gasteiger partial charge in [-0.05, 0) is 45.1 Å². The zero-order valence-electron chi connectivity index (χ0n) is 9.99. The maximum Gasteiger partial charge on any atom is 0.141 e. The zero-order valence-corrected chi connectivity index (χ0v) is 9.99. The van der Waals surface area contributed by atoms with Crippen molar-refractivity contribution < 1.29 is 4.39 Å². The molecule has 2 N–H and O–H groups in total. The van der Waals surface area contributed by atoms with E-state index in [4.69, 9.17) is 5.73 Å². The second kappa shape index (κ2) is 6.55. The fourth-order valence-electron chi connectivity index (χ4n) is 1.83. The normalized spacial score (nSPS) is 13.1. The van der Waals surface area contributed by atoms with E-state index in [2.05, 4.69) is 23.9 Å². The molecule has 0 bridgehead atoms. The predicted octanol–water partition coefficient (Wildman–Crippen LogP) is 1.95. The molecule has 0 radical (unpaired) electrons. The van der Waals surface area contributed by atoms with Gasteiger partial charge in [0.1, 0.15) is 5.82 Å². The van der Waals surface area contributed by atoms with E-state index in [0.29, 0.717) is 6.54 Å². The lowest BCUT2D eigenvalue weighted by atomic mass is 10.1. The van der Waals surface area contributed by atoms with Crippen LogP contribution < -0.4 is 5.73 Å². The Labute approximate surface area is 96.5 Å². The summed E-state index contributed by atoms with van der Waals surface area (Å²) in [6.07, 6.45) is 3.20. The molecule has 0 aliphatic heterocycles. The second-order valence-electron chi connectivity index (χ2n) is 3.95. The summed E-state index contributed by atoms with van der Waals surface area (Å²) in [5.41, 5.74) is 6.40. The number of pyridine rings is 1. The van der Waals surface area contributed by atoms with E-state index >= 15 is 0 Å². The molecule has 1 aromatic rings. The van der Waals surface area contributed by atoms with Gasteiger partial charge in [0.25, 0.3) is 0 Å². The molecule has 0 saturated heterocycles. The monoisotopic (exact) mass is 225 g/mol. The van der Waals surface area contributed by atoms with Gasteiger partial charge in [0.2, 0.25) is 0 Å². The highest BCUT2D eigenvalue weighted by Crippen LogP contribution is 2.20. The molecule has 16 heavy (non-hydrogen) atoms. The summed E-state index contributed by atoms with van der Waals surface area (Å²) < 4.78 is 12.8. The SMILES string of the molecule is CCC(c1ccc(F)cn1)N(C)CCCN. The van der Waals surface area contributed by atoms with Crippen LogP contribution in [0.1, 0.15) is 31.5 Å². The molecule has 4 heteroatoms. The number of nitrogens with two attached hydrogens (primary N) is 1. The van der Waals surface area contributed by atoms with Crippen LogP contribution in [0.4, 0.5) is 4.39 Å². The first-order valence-electron chi connectivity index (χ1n) is 5.70. The van der Waals surface area contributed by atoms with E-state index in [9.17, 15) is 4.39 Å². The molecular weight excluding hydrogens is 205 g/mol. The van der Waals surface area contributed by atoms with Gasteiger partial charge in [-0.25, -0.2) is 4.39 Å². The molecule has 0 aromatic carbocycles. The predicted molar refractivity (Wildman–Crippen MR) is 63.5 cm³/mol. The molecule has 1 rings (SSSR count). The lowest BCUT2D eigenvalue weighted by Gasteiger charge is -2.26. The first-order chi connectivity index (χ1) is 7.69. The van der Waals surface area contributed by atoms with Gasteiger partial charge in [0.15, 0.2) is 0 Å². The average Bonchev–Trinajstić information content (AvgIpc) is 2.30. The molecule has 0 aliphatic rings. The summed E-state index contributed by atoms with van der Waals surface area (Å²) in [6, 6.07) is 3.46. The maximum absolute atomic E-state index is 12.8. The van der Waals surface area contributed by atoms with E-state index in [1.807, 2.05) is 0 Å². The zero-order chi connectivity index (χ0) is 12.0. The lowest BCUT2D eigenvalue weighted by molar-refractivity contribution is 0.233. The molecule has 1 aromatic heterocycles. The van der Waals surface area contributed by atoms with Gasteiger partial charge in [0.05, 0.1) is 17.9 Å². The van der Waals surface area contributed by atoms with Crippen molar-refractivity contribution in [2.24, 2.45) is 5.73 Å². The van der Waals surface area contributed by atoms with Gasteiger partial charge in [-0.15, -0.1) is 0 Å². The number of hydrogen-bond acceptors (Lipinski definition) is 3. The maximum atomic E-state index is 12.8. The first-order valence-corrected chi connectivity index (χ1v) is 5.70. The quantitative estimate of drug-likeness (QED) is 0.804. The Morgan fingerprint density at radius 3 is 2.75 bits per heavy atom. The third kappa shape index (κ3) is 3.54. The van der Waals surface area contributed by atoms with Crippen LogP contribution in [0.2, 0.25) is 0 Å². The van der Waals surface area contributed by atoms with Crippen LogP contribution in [0.3, 0.4) is 0 Å². The highest BCUT2D eigenvalue weighted by atomic mass is 19.1. The Balaban J connectivity index is 2.69. The van der Waals surface area contributed by atoms with Gasteiger partial charge in [-0.3, -0.25) is 9.88 Å². The highest BCUT2D eigenvalue weighted by molar-refractivity contribution is 5.09. The summed E-state index contributed by atoms with van der Waals surface area (Å²) in [5.74, 6) is -0.289. The molecule has 0 fully saturated rings. The molecule has 0 aliphatic carbocycles. The summed E-state index contributed by atoms with van der Waals surface area (Å²) >= 11 is 0. The minimum absolute atomic E-state index is 0.243. The summed E-state index contributed by atoms with van der Waals surface area (Å²) in [6.45, 7) is 3.74. The van der Waals surface area contributed by atoms with Crippen molar-refractivity contribution in [3.05, 3.63) is 29.8 Å². The van der Waals surface area contributed by atoms with E-state index in [1.165, 1.54) is 12.3 Å². The minimum Gasteiger partial charge on any atom is -0.330 e. The van der Waals surface area contributed by atoms with Crippen molar-refractivity contribution >= 4 is 0 Å². The number of aromatic nitrogens is 1. The van der Waals surface area contributed by atoms with Gasteiger partial charge in [0, 0.05) is 0 Å². The minimum atomic E-state index is -0.289. The third-order valence-electron chi connectivity index (χ3n) is 2.73. The van der Waals surface area contributed by atoms with Crippen molar-refractivity contribution in [2.45, 2.75) is 25.8 Å². The van der Waals surface area contributed by atoms with Crippen LogP contribution in [0.5, 0.6) is 0 Å². The van der Waals surface area contributed by atoms with Crippen molar-refractivity contribution in [2.75, 3.05) is 20.1 Å². The van der Waals surface area contributed by atoms with Gasteiger partial charge in [-0.1, -0.05) is 6.92 Å². The molecule has 1 unspecified atom stereocenters. The highest BCUT2D eigenvalue weighted by Gasteiger charge is 2.15. The Kier molecular flexibility index (Phi) is 5.35. The Bertz CT molecular complexity index is 300. The molecule has 90 valence electrons. The fraction of sp³-hybridized carbons (Fsp3) is 0.583. The van der Waals surface area contributed by atoms with Crippen LogP contribution in [-0.2, 0) is 0 Å². The fourth-order valence-corrected chi connectivity index (χ4v) is 1.83. The largest absolute Gasteiger partial charge is 0.330 e. The Morgan fingerprint density at radius 1 is 1.50 bits per heavy atom. The molecule has 3 nitrogen and oxygen atoms in total. The van der Waals surface area contributed by atoms with Crippen molar-refractivity contribution in [3.63, 3.8) is 0 Å². The number of hydrogen-bond donors (Lipinski definition) is 1. The molecule has 0 saturated carbocycles. The van der Waals surface area contributed by atoms with Crippen LogP contribution in [0.15, 0.2) is 18.3 Å². The van der Waals surface area contributed by atoms with Crippen LogP contribution in [0, 0.1) is 5.82 Å².